The third-order valence-corrected chi connectivity index (χ3v) is 5.23. The number of benzene rings is 1. The number of hydrogen-bond acceptors (Lipinski definition) is 4. The second-order valence-electron chi connectivity index (χ2n) is 6.17. The quantitative estimate of drug-likeness (QED) is 0.563. The van der Waals surface area contributed by atoms with Crippen LogP contribution in [-0.4, -0.2) is 29.3 Å². The molecule has 136 valence electrons. The smallest absolute Gasteiger partial charge is 0.236 e. The molecule has 3 rings (SSSR count). The Morgan fingerprint density at radius 2 is 1.85 bits per heavy atom. The van der Waals surface area contributed by atoms with E-state index in [1.165, 1.54) is 16.9 Å². The average molecular weight is 389 g/mol. The van der Waals surface area contributed by atoms with Gasteiger partial charge in [0, 0.05) is 18.5 Å². The van der Waals surface area contributed by atoms with Crippen LogP contribution in [0.5, 0.6) is 0 Å². The summed E-state index contributed by atoms with van der Waals surface area (Å²) in [5.74, 6) is 0.915. The van der Waals surface area contributed by atoms with Crippen molar-refractivity contribution in [2.24, 2.45) is 0 Å². The summed E-state index contributed by atoms with van der Waals surface area (Å²) in [6.07, 6.45) is 1.66. The van der Waals surface area contributed by atoms with E-state index < -0.39 is 0 Å². The molecule has 0 fully saturated rings. The van der Waals surface area contributed by atoms with Crippen LogP contribution in [0.25, 0.3) is 0 Å². The first-order valence-corrected chi connectivity index (χ1v) is 9.56. The molecule has 0 atom stereocenters. The van der Waals surface area contributed by atoms with Gasteiger partial charge in [0.2, 0.25) is 5.91 Å². The van der Waals surface area contributed by atoms with Gasteiger partial charge in [-0.1, -0.05) is 41.9 Å². The Bertz CT molecular complexity index is 817. The second kappa shape index (κ2) is 9.03. The van der Waals surface area contributed by atoms with E-state index in [2.05, 4.69) is 17.0 Å². The van der Waals surface area contributed by atoms with Gasteiger partial charge < -0.3 is 9.32 Å². The second-order valence-corrected chi connectivity index (χ2v) is 7.97. The van der Waals surface area contributed by atoms with Gasteiger partial charge in [-0.2, -0.15) is 0 Å². The highest BCUT2D eigenvalue weighted by Crippen LogP contribution is 2.22. The van der Waals surface area contributed by atoms with E-state index in [-0.39, 0.29) is 5.91 Å². The molecular weight excluding hydrogens is 368 g/mol. The maximum atomic E-state index is 12.7. The van der Waals surface area contributed by atoms with E-state index in [4.69, 9.17) is 16.0 Å². The van der Waals surface area contributed by atoms with Gasteiger partial charge in [0.25, 0.3) is 0 Å². The summed E-state index contributed by atoms with van der Waals surface area (Å²) in [4.78, 5) is 17.6. The summed E-state index contributed by atoms with van der Waals surface area (Å²) in [7, 11) is 1.82. The summed E-state index contributed by atoms with van der Waals surface area (Å²) in [6.45, 7) is 2.17. The summed E-state index contributed by atoms with van der Waals surface area (Å²) >= 11 is 7.48. The minimum absolute atomic E-state index is 0.0667. The third-order valence-electron chi connectivity index (χ3n) is 4.02. The number of carbonyl (C=O) groups excluding carboxylic acids is 1. The largest absolute Gasteiger partial charge is 0.468 e. The Labute approximate surface area is 162 Å². The van der Waals surface area contributed by atoms with Crippen molar-refractivity contribution in [1.82, 2.24) is 9.80 Å². The van der Waals surface area contributed by atoms with Gasteiger partial charge in [-0.3, -0.25) is 9.69 Å². The normalized spacial score (nSPS) is 11.0. The van der Waals surface area contributed by atoms with E-state index in [1.54, 1.807) is 11.2 Å². The van der Waals surface area contributed by atoms with Gasteiger partial charge in [0.15, 0.2) is 0 Å². The van der Waals surface area contributed by atoms with Gasteiger partial charge in [0.05, 0.1) is 30.2 Å². The zero-order valence-electron chi connectivity index (χ0n) is 14.6. The Hall–Kier alpha value is -2.08. The first-order chi connectivity index (χ1) is 12.6. The van der Waals surface area contributed by atoms with Crippen molar-refractivity contribution in [3.05, 3.63) is 81.4 Å². The SMILES string of the molecule is CN(Cc1ccc(Cl)s1)C(=O)CN(Cc1ccccc1)Cc1ccco1. The zero-order chi connectivity index (χ0) is 18.4. The van der Waals surface area contributed by atoms with Crippen molar-refractivity contribution in [1.29, 1.82) is 0 Å². The van der Waals surface area contributed by atoms with Gasteiger partial charge in [-0.05, 0) is 29.8 Å². The summed E-state index contributed by atoms with van der Waals surface area (Å²) in [6, 6.07) is 17.8. The molecule has 1 aromatic carbocycles. The van der Waals surface area contributed by atoms with Crippen molar-refractivity contribution < 1.29 is 9.21 Å². The van der Waals surface area contributed by atoms with Gasteiger partial charge in [0.1, 0.15) is 5.76 Å². The summed E-state index contributed by atoms with van der Waals surface area (Å²) < 4.78 is 6.20. The molecule has 26 heavy (non-hydrogen) atoms. The number of halogens is 1. The average Bonchev–Trinajstić information content (AvgIpc) is 3.27. The summed E-state index contributed by atoms with van der Waals surface area (Å²) in [5.41, 5.74) is 1.17. The molecule has 0 unspecified atom stereocenters. The van der Waals surface area contributed by atoms with Crippen LogP contribution >= 0.6 is 22.9 Å². The van der Waals surface area contributed by atoms with Crippen LogP contribution in [0.1, 0.15) is 16.2 Å². The van der Waals surface area contributed by atoms with Crippen molar-refractivity contribution in [2.75, 3.05) is 13.6 Å². The van der Waals surface area contributed by atoms with Gasteiger partial charge in [-0.25, -0.2) is 0 Å². The lowest BCUT2D eigenvalue weighted by molar-refractivity contribution is -0.131. The minimum Gasteiger partial charge on any atom is -0.468 e. The Balaban J connectivity index is 1.64. The molecule has 0 spiro atoms. The first kappa shape index (κ1) is 18.7. The first-order valence-electron chi connectivity index (χ1n) is 8.37. The van der Waals surface area contributed by atoms with E-state index in [1.807, 2.05) is 49.5 Å². The molecule has 0 aliphatic heterocycles. The van der Waals surface area contributed by atoms with E-state index in [9.17, 15) is 4.79 Å². The fraction of sp³-hybridized carbons (Fsp3) is 0.250. The predicted octanol–water partition coefficient (Wildman–Crippen LogP) is 4.66. The van der Waals surface area contributed by atoms with Crippen molar-refractivity contribution in [3.8, 4) is 0 Å². The molecule has 0 aliphatic carbocycles. The van der Waals surface area contributed by atoms with Gasteiger partial charge >= 0.3 is 0 Å². The molecule has 1 amide bonds. The standard InChI is InChI=1S/C20H21ClN2O2S/c1-22(14-18-9-10-19(21)26-18)20(24)15-23(13-17-8-5-11-25-17)12-16-6-3-2-4-7-16/h2-11H,12-15H2,1H3. The fourth-order valence-electron chi connectivity index (χ4n) is 2.70. The van der Waals surface area contributed by atoms with Crippen LogP contribution in [0, 0.1) is 0 Å². The van der Waals surface area contributed by atoms with Crippen molar-refractivity contribution in [3.63, 3.8) is 0 Å². The molecule has 3 aromatic rings. The molecule has 6 heteroatoms. The molecule has 0 saturated heterocycles. The van der Waals surface area contributed by atoms with Crippen molar-refractivity contribution >= 4 is 28.8 Å². The molecule has 0 N–H and O–H groups in total. The van der Waals surface area contributed by atoms with Crippen LogP contribution in [0.2, 0.25) is 4.34 Å². The fourth-order valence-corrected chi connectivity index (χ4v) is 3.84. The van der Waals surface area contributed by atoms with Crippen LogP contribution in [0.4, 0.5) is 0 Å². The Morgan fingerprint density at radius 1 is 1.04 bits per heavy atom. The summed E-state index contributed by atoms with van der Waals surface area (Å²) in [5, 5.41) is 0. The number of carbonyl (C=O) groups is 1. The molecule has 0 saturated carbocycles. The Kier molecular flexibility index (Phi) is 6.50. The maximum absolute atomic E-state index is 12.7. The number of nitrogens with zero attached hydrogens (tertiary/aromatic N) is 2. The molecule has 2 aromatic heterocycles. The topological polar surface area (TPSA) is 36.7 Å². The number of thiophene rings is 1. The number of likely N-dealkylation sites (N-methyl/N-ethyl adjacent to an activating group) is 1. The number of hydrogen-bond donors (Lipinski definition) is 0. The third kappa shape index (κ3) is 5.46. The molecular formula is C20H21ClN2O2S. The molecule has 0 radical (unpaired) electrons. The lowest BCUT2D eigenvalue weighted by Crippen LogP contribution is -2.37. The highest BCUT2D eigenvalue weighted by Gasteiger charge is 2.17. The zero-order valence-corrected chi connectivity index (χ0v) is 16.2. The molecule has 4 nitrogen and oxygen atoms in total. The minimum atomic E-state index is 0.0667. The van der Waals surface area contributed by atoms with Crippen LogP contribution in [-0.2, 0) is 24.4 Å². The number of furan rings is 1. The van der Waals surface area contributed by atoms with E-state index in [0.717, 1.165) is 15.0 Å². The van der Waals surface area contributed by atoms with Gasteiger partial charge in [-0.15, -0.1) is 11.3 Å². The predicted molar refractivity (Wildman–Crippen MR) is 105 cm³/mol. The van der Waals surface area contributed by atoms with Crippen molar-refractivity contribution in [2.45, 2.75) is 19.6 Å². The molecule has 0 aliphatic rings. The lowest BCUT2D eigenvalue weighted by Gasteiger charge is -2.24. The van der Waals surface area contributed by atoms with E-state index in [0.29, 0.717) is 26.2 Å². The van der Waals surface area contributed by atoms with Crippen LogP contribution < -0.4 is 0 Å². The highest BCUT2D eigenvalue weighted by molar-refractivity contribution is 7.16. The van der Waals surface area contributed by atoms with Crippen LogP contribution in [0.3, 0.4) is 0 Å². The maximum Gasteiger partial charge on any atom is 0.236 e. The molecule has 0 bridgehead atoms. The highest BCUT2D eigenvalue weighted by atomic mass is 35.5. The Morgan fingerprint density at radius 3 is 2.50 bits per heavy atom. The van der Waals surface area contributed by atoms with E-state index >= 15 is 0 Å². The van der Waals surface area contributed by atoms with Crippen LogP contribution in [0.15, 0.2) is 65.3 Å². The number of amides is 1. The monoisotopic (exact) mass is 388 g/mol. The number of rotatable bonds is 8. The molecule has 2 heterocycles. The lowest BCUT2D eigenvalue weighted by atomic mass is 10.2.